The molecule has 0 aliphatic carbocycles. The molecule has 5 heteroatoms. The van der Waals surface area contributed by atoms with E-state index in [1.165, 1.54) is 0 Å². The van der Waals surface area contributed by atoms with Crippen LogP contribution in [0.2, 0.25) is 0 Å². The first-order valence-electron chi connectivity index (χ1n) is 6.10. The van der Waals surface area contributed by atoms with Crippen molar-refractivity contribution in [2.24, 2.45) is 7.05 Å². The van der Waals surface area contributed by atoms with Gasteiger partial charge in [0.25, 0.3) is 5.91 Å². The van der Waals surface area contributed by atoms with Crippen molar-refractivity contribution < 1.29 is 9.21 Å². The van der Waals surface area contributed by atoms with Crippen molar-refractivity contribution in [1.29, 1.82) is 0 Å². The zero-order valence-corrected chi connectivity index (χ0v) is 10.2. The minimum absolute atomic E-state index is 0.0190. The Bertz CT molecular complexity index is 544. The van der Waals surface area contributed by atoms with Gasteiger partial charge in [0.1, 0.15) is 11.5 Å². The van der Waals surface area contributed by atoms with Gasteiger partial charge < -0.3 is 9.32 Å². The molecule has 0 bridgehead atoms. The van der Waals surface area contributed by atoms with Crippen molar-refractivity contribution >= 4 is 5.91 Å². The van der Waals surface area contributed by atoms with E-state index in [0.717, 1.165) is 25.1 Å². The molecule has 1 saturated heterocycles. The summed E-state index contributed by atoms with van der Waals surface area (Å²) in [5.74, 6) is 0.839. The Morgan fingerprint density at radius 2 is 2.39 bits per heavy atom. The lowest BCUT2D eigenvalue weighted by Crippen LogP contribution is -2.30. The first-order chi connectivity index (χ1) is 8.75. The molecule has 0 unspecified atom stereocenters. The molecule has 1 amide bonds. The summed E-state index contributed by atoms with van der Waals surface area (Å²) >= 11 is 0. The molecule has 0 N–H and O–H groups in total. The van der Waals surface area contributed by atoms with Crippen molar-refractivity contribution in [1.82, 2.24) is 14.7 Å². The molecule has 2 aromatic heterocycles. The second-order valence-corrected chi connectivity index (χ2v) is 4.55. The van der Waals surface area contributed by atoms with Gasteiger partial charge in [0.05, 0.1) is 12.3 Å². The molecule has 1 aliphatic heterocycles. The van der Waals surface area contributed by atoms with Gasteiger partial charge in [-0.1, -0.05) is 0 Å². The number of carbonyl (C=O) groups is 1. The van der Waals surface area contributed by atoms with Crippen molar-refractivity contribution in [2.75, 3.05) is 6.54 Å². The summed E-state index contributed by atoms with van der Waals surface area (Å²) < 4.78 is 7.06. The van der Waals surface area contributed by atoms with Gasteiger partial charge >= 0.3 is 0 Å². The number of hydrogen-bond donors (Lipinski definition) is 0. The fourth-order valence-electron chi connectivity index (χ4n) is 2.46. The van der Waals surface area contributed by atoms with E-state index in [1.807, 2.05) is 24.1 Å². The Kier molecular flexibility index (Phi) is 2.66. The number of furan rings is 1. The van der Waals surface area contributed by atoms with E-state index < -0.39 is 0 Å². The molecule has 1 atom stereocenters. The van der Waals surface area contributed by atoms with Gasteiger partial charge in [-0.15, -0.1) is 0 Å². The van der Waals surface area contributed by atoms with Crippen LogP contribution in [0, 0.1) is 0 Å². The molecule has 1 aliphatic rings. The summed E-state index contributed by atoms with van der Waals surface area (Å²) in [4.78, 5) is 14.2. The van der Waals surface area contributed by atoms with Crippen molar-refractivity contribution in [3.63, 3.8) is 0 Å². The molecule has 3 heterocycles. The number of hydrogen-bond acceptors (Lipinski definition) is 3. The minimum atomic E-state index is -0.0190. The third-order valence-electron chi connectivity index (χ3n) is 3.32. The topological polar surface area (TPSA) is 51.3 Å². The van der Waals surface area contributed by atoms with E-state index in [-0.39, 0.29) is 11.9 Å². The molecule has 94 valence electrons. The monoisotopic (exact) mass is 245 g/mol. The maximum absolute atomic E-state index is 12.4. The number of aryl methyl sites for hydroxylation is 1. The Hall–Kier alpha value is -2.04. The molecule has 0 radical (unpaired) electrons. The summed E-state index contributed by atoms with van der Waals surface area (Å²) in [5, 5.41) is 4.17. The van der Waals surface area contributed by atoms with Crippen LogP contribution in [0.5, 0.6) is 0 Å². The minimum Gasteiger partial charge on any atom is -0.467 e. The maximum atomic E-state index is 12.4. The van der Waals surface area contributed by atoms with Crippen LogP contribution in [-0.4, -0.2) is 27.1 Å². The van der Waals surface area contributed by atoms with Gasteiger partial charge in [0, 0.05) is 19.8 Å². The van der Waals surface area contributed by atoms with Gasteiger partial charge in [0.2, 0.25) is 0 Å². The number of rotatable bonds is 2. The summed E-state index contributed by atoms with van der Waals surface area (Å²) in [6.45, 7) is 0.765. The van der Waals surface area contributed by atoms with Gasteiger partial charge in [0.15, 0.2) is 0 Å². The van der Waals surface area contributed by atoms with E-state index in [4.69, 9.17) is 4.42 Å². The molecule has 2 aromatic rings. The molecule has 18 heavy (non-hydrogen) atoms. The highest BCUT2D eigenvalue weighted by Gasteiger charge is 2.33. The zero-order chi connectivity index (χ0) is 12.5. The molecule has 0 spiro atoms. The summed E-state index contributed by atoms with van der Waals surface area (Å²) in [6, 6.07) is 5.58. The smallest absolute Gasteiger partial charge is 0.274 e. The SMILES string of the molecule is Cn1ccc(C(=O)N2CCC[C@@H]2c2ccco2)n1. The molecule has 1 fully saturated rings. The van der Waals surface area contributed by atoms with Gasteiger partial charge in [-0.2, -0.15) is 5.10 Å². The number of likely N-dealkylation sites (tertiary alicyclic amines) is 1. The molecule has 3 rings (SSSR count). The summed E-state index contributed by atoms with van der Waals surface area (Å²) in [7, 11) is 1.81. The second-order valence-electron chi connectivity index (χ2n) is 4.55. The molecular weight excluding hydrogens is 230 g/mol. The summed E-state index contributed by atoms with van der Waals surface area (Å²) in [6.07, 6.45) is 5.39. The first-order valence-corrected chi connectivity index (χ1v) is 6.10. The van der Waals surface area contributed by atoms with Crippen LogP contribution in [0.3, 0.4) is 0 Å². The van der Waals surface area contributed by atoms with E-state index in [0.29, 0.717) is 5.69 Å². The predicted molar refractivity (Wildman–Crippen MR) is 64.9 cm³/mol. The Balaban J connectivity index is 1.85. The van der Waals surface area contributed by atoms with Crippen LogP contribution in [0.15, 0.2) is 35.1 Å². The highest BCUT2D eigenvalue weighted by molar-refractivity contribution is 5.92. The van der Waals surface area contributed by atoms with Crippen LogP contribution in [0.25, 0.3) is 0 Å². The third kappa shape index (κ3) is 1.81. The van der Waals surface area contributed by atoms with Gasteiger partial charge in [-0.05, 0) is 31.0 Å². The first kappa shape index (κ1) is 11.1. The lowest BCUT2D eigenvalue weighted by molar-refractivity contribution is 0.0713. The summed E-state index contributed by atoms with van der Waals surface area (Å²) in [5.41, 5.74) is 0.496. The lowest BCUT2D eigenvalue weighted by Gasteiger charge is -2.22. The quantitative estimate of drug-likeness (QED) is 0.813. The molecular formula is C13H15N3O2. The number of carbonyl (C=O) groups excluding carboxylic acids is 1. The Morgan fingerprint density at radius 1 is 1.50 bits per heavy atom. The molecule has 5 nitrogen and oxygen atoms in total. The van der Waals surface area contributed by atoms with Crippen molar-refractivity contribution in [3.8, 4) is 0 Å². The van der Waals surface area contributed by atoms with Gasteiger partial charge in [-0.25, -0.2) is 0 Å². The van der Waals surface area contributed by atoms with Crippen LogP contribution >= 0.6 is 0 Å². The van der Waals surface area contributed by atoms with E-state index >= 15 is 0 Å². The maximum Gasteiger partial charge on any atom is 0.274 e. The third-order valence-corrected chi connectivity index (χ3v) is 3.32. The predicted octanol–water partition coefficient (Wildman–Crippen LogP) is 1.99. The average molecular weight is 245 g/mol. The number of nitrogens with zero attached hydrogens (tertiary/aromatic N) is 3. The fourth-order valence-corrected chi connectivity index (χ4v) is 2.46. The number of aromatic nitrogens is 2. The van der Waals surface area contributed by atoms with Crippen LogP contribution in [0.4, 0.5) is 0 Å². The van der Waals surface area contributed by atoms with E-state index in [1.54, 1.807) is 23.2 Å². The Labute approximate surface area is 105 Å². The number of amides is 1. The lowest BCUT2D eigenvalue weighted by atomic mass is 10.1. The highest BCUT2D eigenvalue weighted by Crippen LogP contribution is 2.32. The van der Waals surface area contributed by atoms with E-state index in [9.17, 15) is 4.79 Å². The van der Waals surface area contributed by atoms with Crippen molar-refractivity contribution in [2.45, 2.75) is 18.9 Å². The van der Waals surface area contributed by atoms with E-state index in [2.05, 4.69) is 5.10 Å². The standard InChI is InChI=1S/C13H15N3O2/c1-15-8-6-10(14-15)13(17)16-7-2-4-11(16)12-5-3-9-18-12/h3,5-6,8-9,11H,2,4,7H2,1H3/t11-/m1/s1. The molecule has 0 saturated carbocycles. The highest BCUT2D eigenvalue weighted by atomic mass is 16.3. The van der Waals surface area contributed by atoms with Crippen molar-refractivity contribution in [3.05, 3.63) is 42.1 Å². The van der Waals surface area contributed by atoms with Crippen LogP contribution < -0.4 is 0 Å². The largest absolute Gasteiger partial charge is 0.467 e. The zero-order valence-electron chi connectivity index (χ0n) is 10.2. The molecule has 0 aromatic carbocycles. The van der Waals surface area contributed by atoms with Crippen LogP contribution in [0.1, 0.15) is 35.1 Å². The normalized spacial score (nSPS) is 19.4. The Morgan fingerprint density at radius 3 is 3.06 bits per heavy atom. The second kappa shape index (κ2) is 4.33. The fraction of sp³-hybridized carbons (Fsp3) is 0.385. The average Bonchev–Trinajstić information content (AvgIpc) is 3.08. The van der Waals surface area contributed by atoms with Gasteiger partial charge in [-0.3, -0.25) is 9.48 Å². The van der Waals surface area contributed by atoms with Crippen LogP contribution in [-0.2, 0) is 7.05 Å².